The summed E-state index contributed by atoms with van der Waals surface area (Å²) < 4.78 is 0. The zero-order valence-electron chi connectivity index (χ0n) is 10.2. The largest absolute Gasteiger partial charge is 0.0622 e. The van der Waals surface area contributed by atoms with Gasteiger partial charge in [-0.15, -0.1) is 0 Å². The van der Waals surface area contributed by atoms with Crippen LogP contribution in [0.4, 0.5) is 0 Å². The van der Waals surface area contributed by atoms with Crippen LogP contribution in [0.15, 0.2) is 35.9 Å². The van der Waals surface area contributed by atoms with Crippen molar-refractivity contribution in [3.8, 4) is 0 Å². The van der Waals surface area contributed by atoms with Gasteiger partial charge in [-0.05, 0) is 42.1 Å². The Morgan fingerprint density at radius 3 is 2.50 bits per heavy atom. The molecule has 0 unspecified atom stereocenters. The van der Waals surface area contributed by atoms with Gasteiger partial charge in [-0.25, -0.2) is 0 Å². The molecule has 84 valence electrons. The number of rotatable bonds is 1. The van der Waals surface area contributed by atoms with E-state index in [4.69, 9.17) is 0 Å². The van der Waals surface area contributed by atoms with Crippen LogP contribution in [0.25, 0.3) is 6.08 Å². The summed E-state index contributed by atoms with van der Waals surface area (Å²) in [4.78, 5) is 0. The molecule has 2 atom stereocenters. The van der Waals surface area contributed by atoms with Crippen molar-refractivity contribution in [1.82, 2.24) is 0 Å². The summed E-state index contributed by atoms with van der Waals surface area (Å²) in [6, 6.07) is 10.8. The Labute approximate surface area is 98.4 Å². The summed E-state index contributed by atoms with van der Waals surface area (Å²) in [5, 5.41) is 0. The third-order valence-electron chi connectivity index (χ3n) is 4.76. The van der Waals surface area contributed by atoms with Gasteiger partial charge in [0, 0.05) is 0 Å². The molecule has 0 aromatic heterocycles. The second-order valence-electron chi connectivity index (χ2n) is 5.94. The fraction of sp³-hybridized carbons (Fsp3) is 0.500. The third-order valence-corrected chi connectivity index (χ3v) is 4.76. The lowest BCUT2D eigenvalue weighted by atomic mass is 9.72. The van der Waals surface area contributed by atoms with Gasteiger partial charge in [0.25, 0.3) is 0 Å². The maximum atomic E-state index is 2.45. The molecule has 0 N–H and O–H groups in total. The molecule has 0 amide bonds. The highest BCUT2D eigenvalue weighted by Crippen LogP contribution is 2.59. The Morgan fingerprint density at radius 1 is 1.12 bits per heavy atom. The van der Waals surface area contributed by atoms with E-state index in [0.29, 0.717) is 5.41 Å². The first-order valence-corrected chi connectivity index (χ1v) is 6.45. The highest BCUT2D eigenvalue weighted by molar-refractivity contribution is 5.56. The maximum Gasteiger partial charge on any atom is -0.0110 e. The van der Waals surface area contributed by atoms with E-state index in [1.54, 1.807) is 5.57 Å². The molecule has 0 radical (unpaired) electrons. The van der Waals surface area contributed by atoms with Gasteiger partial charge < -0.3 is 0 Å². The lowest BCUT2D eigenvalue weighted by Crippen LogP contribution is -2.22. The second kappa shape index (κ2) is 3.48. The number of hydrogen-bond acceptors (Lipinski definition) is 0. The molecule has 1 aromatic carbocycles. The lowest BCUT2D eigenvalue weighted by Gasteiger charge is -2.33. The summed E-state index contributed by atoms with van der Waals surface area (Å²) >= 11 is 0. The second-order valence-corrected chi connectivity index (χ2v) is 5.94. The van der Waals surface area contributed by atoms with E-state index in [9.17, 15) is 0 Å². The van der Waals surface area contributed by atoms with E-state index < -0.39 is 0 Å². The summed E-state index contributed by atoms with van der Waals surface area (Å²) in [6.45, 7) is 4.87. The van der Waals surface area contributed by atoms with Crippen LogP contribution >= 0.6 is 0 Å². The SMILES string of the molecule is CC1(C)/C(=C/c2ccccc2)[C@H]2CC[C@@H]1C2. The predicted molar refractivity (Wildman–Crippen MR) is 69.0 cm³/mol. The van der Waals surface area contributed by atoms with Crippen molar-refractivity contribution < 1.29 is 0 Å². The lowest BCUT2D eigenvalue weighted by molar-refractivity contribution is 0.290. The van der Waals surface area contributed by atoms with Crippen molar-refractivity contribution in [2.75, 3.05) is 0 Å². The topological polar surface area (TPSA) is 0 Å². The van der Waals surface area contributed by atoms with Gasteiger partial charge in [-0.1, -0.05) is 55.8 Å². The summed E-state index contributed by atoms with van der Waals surface area (Å²) in [7, 11) is 0. The molecule has 2 fully saturated rings. The molecular weight excluding hydrogens is 192 g/mol. The van der Waals surface area contributed by atoms with Crippen LogP contribution in [0, 0.1) is 17.3 Å². The van der Waals surface area contributed by atoms with Crippen LogP contribution in [-0.2, 0) is 0 Å². The van der Waals surface area contributed by atoms with Crippen LogP contribution in [0.1, 0.15) is 38.7 Å². The quantitative estimate of drug-likeness (QED) is 0.641. The highest BCUT2D eigenvalue weighted by atomic mass is 14.5. The first-order chi connectivity index (χ1) is 7.68. The Balaban J connectivity index is 1.98. The monoisotopic (exact) mass is 212 g/mol. The minimum Gasteiger partial charge on any atom is -0.0622 e. The molecular formula is C16H20. The minimum absolute atomic E-state index is 0.443. The first kappa shape index (κ1) is 10.1. The van der Waals surface area contributed by atoms with E-state index in [1.807, 2.05) is 0 Å². The standard InChI is InChI=1S/C16H20/c1-16(2)14-9-8-13(11-14)15(16)10-12-6-4-3-5-7-12/h3-7,10,13-14H,8-9,11H2,1-2H3/b15-10+/t13-,14+/m0/s1. The molecule has 2 aliphatic rings. The van der Waals surface area contributed by atoms with Crippen LogP contribution in [0.5, 0.6) is 0 Å². The number of fused-ring (bicyclic) bond motifs is 2. The van der Waals surface area contributed by atoms with Crippen molar-refractivity contribution in [2.24, 2.45) is 17.3 Å². The number of hydrogen-bond donors (Lipinski definition) is 0. The van der Waals surface area contributed by atoms with E-state index in [-0.39, 0.29) is 0 Å². The van der Waals surface area contributed by atoms with Gasteiger partial charge in [0.15, 0.2) is 0 Å². The zero-order valence-corrected chi connectivity index (χ0v) is 10.2. The Kier molecular flexibility index (Phi) is 2.20. The van der Waals surface area contributed by atoms with Gasteiger partial charge in [0.2, 0.25) is 0 Å². The summed E-state index contributed by atoms with van der Waals surface area (Å²) in [5.41, 5.74) is 3.52. The van der Waals surface area contributed by atoms with Crippen LogP contribution in [-0.4, -0.2) is 0 Å². The molecule has 2 saturated carbocycles. The average Bonchev–Trinajstić information content (AvgIpc) is 2.83. The molecule has 0 saturated heterocycles. The fourth-order valence-electron chi connectivity index (χ4n) is 3.71. The first-order valence-electron chi connectivity index (χ1n) is 6.45. The molecule has 0 heteroatoms. The smallest absolute Gasteiger partial charge is 0.0110 e. The molecule has 16 heavy (non-hydrogen) atoms. The zero-order chi connectivity index (χ0) is 11.2. The minimum atomic E-state index is 0.443. The molecule has 0 heterocycles. The van der Waals surface area contributed by atoms with Crippen molar-refractivity contribution in [1.29, 1.82) is 0 Å². The van der Waals surface area contributed by atoms with Gasteiger partial charge in [0.05, 0.1) is 0 Å². The van der Waals surface area contributed by atoms with Crippen molar-refractivity contribution in [3.05, 3.63) is 41.5 Å². The van der Waals surface area contributed by atoms with Gasteiger partial charge >= 0.3 is 0 Å². The van der Waals surface area contributed by atoms with Crippen molar-refractivity contribution in [3.63, 3.8) is 0 Å². The van der Waals surface area contributed by atoms with E-state index >= 15 is 0 Å². The van der Waals surface area contributed by atoms with Gasteiger partial charge in [-0.3, -0.25) is 0 Å². The average molecular weight is 212 g/mol. The Bertz CT molecular complexity index is 411. The van der Waals surface area contributed by atoms with Crippen LogP contribution in [0.2, 0.25) is 0 Å². The van der Waals surface area contributed by atoms with E-state index in [2.05, 4.69) is 50.3 Å². The highest BCUT2D eigenvalue weighted by Gasteiger charge is 2.48. The van der Waals surface area contributed by atoms with Crippen molar-refractivity contribution in [2.45, 2.75) is 33.1 Å². The molecule has 0 spiro atoms. The van der Waals surface area contributed by atoms with Crippen LogP contribution in [0.3, 0.4) is 0 Å². The van der Waals surface area contributed by atoms with Crippen molar-refractivity contribution >= 4 is 6.08 Å². The molecule has 1 aromatic rings. The van der Waals surface area contributed by atoms with Gasteiger partial charge in [0.1, 0.15) is 0 Å². The third kappa shape index (κ3) is 1.43. The molecule has 0 nitrogen and oxygen atoms in total. The normalized spacial score (nSPS) is 33.5. The number of allylic oxidation sites excluding steroid dienone is 1. The predicted octanol–water partition coefficient (Wildman–Crippen LogP) is 4.53. The molecule has 3 rings (SSSR count). The summed E-state index contributed by atoms with van der Waals surface area (Å²) in [6.07, 6.45) is 6.76. The van der Waals surface area contributed by atoms with Gasteiger partial charge in [-0.2, -0.15) is 0 Å². The maximum absolute atomic E-state index is 2.45. The molecule has 0 aliphatic heterocycles. The summed E-state index contributed by atoms with van der Waals surface area (Å²) in [5.74, 6) is 1.81. The fourth-order valence-corrected chi connectivity index (χ4v) is 3.71. The Hall–Kier alpha value is -1.04. The molecule has 2 bridgehead atoms. The number of benzene rings is 1. The van der Waals surface area contributed by atoms with E-state index in [1.165, 1.54) is 24.8 Å². The molecule has 2 aliphatic carbocycles. The van der Waals surface area contributed by atoms with Crippen LogP contribution < -0.4 is 0 Å². The Morgan fingerprint density at radius 2 is 1.88 bits per heavy atom. The van der Waals surface area contributed by atoms with E-state index in [0.717, 1.165) is 11.8 Å².